The molecule has 1 N–H and O–H groups in total. The maximum absolute atomic E-state index is 12.1. The summed E-state index contributed by atoms with van der Waals surface area (Å²) in [6.45, 7) is 1.95. The summed E-state index contributed by atoms with van der Waals surface area (Å²) >= 11 is 1.55. The molecule has 0 saturated heterocycles. The van der Waals surface area contributed by atoms with Gasteiger partial charge in [-0.3, -0.25) is 4.79 Å². The summed E-state index contributed by atoms with van der Waals surface area (Å²) in [7, 11) is 0. The highest BCUT2D eigenvalue weighted by Gasteiger charge is 2.18. The van der Waals surface area contributed by atoms with Crippen molar-refractivity contribution >= 4 is 23.2 Å². The molecule has 0 radical (unpaired) electrons. The van der Waals surface area contributed by atoms with Crippen molar-refractivity contribution in [3.63, 3.8) is 0 Å². The number of ether oxygens (including phenoxy) is 1. The van der Waals surface area contributed by atoms with Gasteiger partial charge in [-0.25, -0.2) is 9.48 Å². The number of thiophene rings is 1. The third-order valence-electron chi connectivity index (χ3n) is 3.39. The lowest BCUT2D eigenvalue weighted by molar-refractivity contribution is -0.129. The lowest BCUT2D eigenvalue weighted by atomic mass is 10.2. The van der Waals surface area contributed by atoms with E-state index in [2.05, 4.69) is 20.8 Å². The van der Waals surface area contributed by atoms with Gasteiger partial charge in [0.15, 0.2) is 6.10 Å². The van der Waals surface area contributed by atoms with Gasteiger partial charge < -0.3 is 10.1 Å². The van der Waals surface area contributed by atoms with Crippen LogP contribution in [-0.4, -0.2) is 38.2 Å². The van der Waals surface area contributed by atoms with Crippen LogP contribution in [0, 0.1) is 0 Å². The maximum Gasteiger partial charge on any atom is 0.338 e. The molecule has 3 aromatic rings. The van der Waals surface area contributed by atoms with Crippen LogP contribution in [0.1, 0.15) is 22.2 Å². The van der Waals surface area contributed by atoms with Crippen molar-refractivity contribution in [1.82, 2.24) is 25.5 Å². The molecule has 2 aromatic heterocycles. The average molecular weight is 357 g/mol. The van der Waals surface area contributed by atoms with Gasteiger partial charge in [0.05, 0.1) is 17.8 Å². The number of tetrazole rings is 1. The summed E-state index contributed by atoms with van der Waals surface area (Å²) in [5.41, 5.74) is 1.05. The Morgan fingerprint density at radius 2 is 2.08 bits per heavy atom. The fraction of sp³-hybridized carbons (Fsp3) is 0.188. The molecule has 128 valence electrons. The van der Waals surface area contributed by atoms with E-state index in [1.54, 1.807) is 35.6 Å². The normalized spacial score (nSPS) is 11.7. The van der Waals surface area contributed by atoms with E-state index in [-0.39, 0.29) is 5.91 Å². The highest BCUT2D eigenvalue weighted by Crippen LogP contribution is 2.11. The fourth-order valence-corrected chi connectivity index (χ4v) is 2.69. The Labute approximate surface area is 147 Å². The summed E-state index contributed by atoms with van der Waals surface area (Å²) in [6, 6.07) is 10.4. The molecule has 0 fully saturated rings. The molecule has 8 nitrogen and oxygen atoms in total. The zero-order valence-electron chi connectivity index (χ0n) is 13.3. The van der Waals surface area contributed by atoms with Crippen LogP contribution in [0.4, 0.5) is 0 Å². The number of esters is 1. The minimum atomic E-state index is -0.883. The van der Waals surface area contributed by atoms with Crippen LogP contribution < -0.4 is 5.32 Å². The highest BCUT2D eigenvalue weighted by molar-refractivity contribution is 7.09. The zero-order valence-corrected chi connectivity index (χ0v) is 14.1. The van der Waals surface area contributed by atoms with Gasteiger partial charge >= 0.3 is 5.97 Å². The van der Waals surface area contributed by atoms with Crippen LogP contribution in [0.25, 0.3) is 5.69 Å². The van der Waals surface area contributed by atoms with Crippen molar-refractivity contribution in [3.8, 4) is 5.69 Å². The fourth-order valence-electron chi connectivity index (χ4n) is 2.04. The highest BCUT2D eigenvalue weighted by atomic mass is 32.1. The second-order valence-corrected chi connectivity index (χ2v) is 6.18. The minimum absolute atomic E-state index is 0.341. The molecule has 0 unspecified atom stereocenters. The SMILES string of the molecule is C[C@H](OC(=O)c1ccc(-n2cnnn2)cc1)C(=O)NCc1cccs1. The van der Waals surface area contributed by atoms with Crippen LogP contribution in [0.2, 0.25) is 0 Å². The molecule has 0 spiro atoms. The maximum atomic E-state index is 12.1. The molecule has 0 bridgehead atoms. The molecule has 9 heteroatoms. The van der Waals surface area contributed by atoms with Gasteiger partial charge in [0.25, 0.3) is 5.91 Å². The second kappa shape index (κ2) is 7.67. The van der Waals surface area contributed by atoms with Crippen molar-refractivity contribution in [3.05, 3.63) is 58.5 Å². The standard InChI is InChI=1S/C16H15N5O3S/c1-11(15(22)17-9-14-3-2-8-25-14)24-16(23)12-4-6-13(7-5-12)21-10-18-19-20-21/h2-8,10-11H,9H2,1H3,(H,17,22)/t11-/m0/s1. The van der Waals surface area contributed by atoms with Crippen LogP contribution in [0.3, 0.4) is 0 Å². The first kappa shape index (κ1) is 16.8. The smallest absolute Gasteiger partial charge is 0.338 e. The first-order valence-electron chi connectivity index (χ1n) is 7.48. The number of carbonyl (C=O) groups is 2. The molecule has 0 saturated carbocycles. The molecule has 1 aromatic carbocycles. The number of rotatable bonds is 6. The third kappa shape index (κ3) is 4.27. The Morgan fingerprint density at radius 3 is 2.72 bits per heavy atom. The summed E-state index contributed by atoms with van der Waals surface area (Å²) < 4.78 is 6.67. The van der Waals surface area contributed by atoms with Crippen molar-refractivity contribution in [1.29, 1.82) is 0 Å². The van der Waals surface area contributed by atoms with Crippen LogP contribution in [0.15, 0.2) is 48.1 Å². The molecule has 0 aliphatic carbocycles. The van der Waals surface area contributed by atoms with E-state index in [0.29, 0.717) is 17.8 Å². The molecule has 0 aliphatic rings. The first-order valence-corrected chi connectivity index (χ1v) is 8.36. The number of amides is 1. The summed E-state index contributed by atoms with van der Waals surface area (Å²) in [5.74, 6) is -0.908. The Hall–Kier alpha value is -3.07. The van der Waals surface area contributed by atoms with E-state index in [9.17, 15) is 9.59 Å². The van der Waals surface area contributed by atoms with Crippen molar-refractivity contribution in [2.24, 2.45) is 0 Å². The minimum Gasteiger partial charge on any atom is -0.449 e. The molecule has 1 atom stereocenters. The Kier molecular flexibility index (Phi) is 5.14. The molecular formula is C16H15N5O3S. The number of carbonyl (C=O) groups excluding carboxylic acids is 2. The van der Waals surface area contributed by atoms with E-state index in [1.165, 1.54) is 17.9 Å². The molecule has 2 heterocycles. The van der Waals surface area contributed by atoms with Gasteiger partial charge in [0.2, 0.25) is 0 Å². The van der Waals surface area contributed by atoms with Gasteiger partial charge in [-0.15, -0.1) is 16.4 Å². The van der Waals surface area contributed by atoms with Gasteiger partial charge in [0, 0.05) is 4.88 Å². The van der Waals surface area contributed by atoms with E-state index >= 15 is 0 Å². The Bertz CT molecular complexity index is 831. The van der Waals surface area contributed by atoms with Gasteiger partial charge in [0.1, 0.15) is 6.33 Å². The van der Waals surface area contributed by atoms with E-state index in [4.69, 9.17) is 4.74 Å². The predicted molar refractivity (Wildman–Crippen MR) is 90.2 cm³/mol. The van der Waals surface area contributed by atoms with Crippen molar-refractivity contribution in [2.45, 2.75) is 19.6 Å². The predicted octanol–water partition coefficient (Wildman–Crippen LogP) is 1.59. The lowest BCUT2D eigenvalue weighted by Gasteiger charge is -2.13. The van der Waals surface area contributed by atoms with Crippen molar-refractivity contribution in [2.75, 3.05) is 0 Å². The quantitative estimate of drug-likeness (QED) is 0.673. The van der Waals surface area contributed by atoms with Crippen molar-refractivity contribution < 1.29 is 14.3 Å². The number of aromatic nitrogens is 4. The zero-order chi connectivity index (χ0) is 17.6. The third-order valence-corrected chi connectivity index (χ3v) is 4.26. The van der Waals surface area contributed by atoms with E-state index in [1.807, 2.05) is 17.5 Å². The van der Waals surface area contributed by atoms with Gasteiger partial charge in [-0.05, 0) is 53.1 Å². The van der Waals surface area contributed by atoms with Crippen LogP contribution in [-0.2, 0) is 16.1 Å². The molecule has 0 aliphatic heterocycles. The number of nitrogens with one attached hydrogen (secondary N) is 1. The number of benzene rings is 1. The Morgan fingerprint density at radius 1 is 1.28 bits per heavy atom. The summed E-state index contributed by atoms with van der Waals surface area (Å²) in [6.07, 6.45) is 0.569. The second-order valence-electron chi connectivity index (χ2n) is 5.15. The number of hydrogen-bond acceptors (Lipinski definition) is 7. The largest absolute Gasteiger partial charge is 0.449 e. The van der Waals surface area contributed by atoms with Crippen LogP contribution >= 0.6 is 11.3 Å². The Balaban J connectivity index is 1.54. The van der Waals surface area contributed by atoms with Gasteiger partial charge in [-0.2, -0.15) is 0 Å². The average Bonchev–Trinajstić information content (AvgIpc) is 3.33. The lowest BCUT2D eigenvalue weighted by Crippen LogP contribution is -2.35. The summed E-state index contributed by atoms with van der Waals surface area (Å²) in [4.78, 5) is 25.2. The molecular weight excluding hydrogens is 342 g/mol. The number of hydrogen-bond donors (Lipinski definition) is 1. The molecule has 1 amide bonds. The topological polar surface area (TPSA) is 99.0 Å². The van der Waals surface area contributed by atoms with E-state index < -0.39 is 12.1 Å². The first-order chi connectivity index (χ1) is 12.1. The van der Waals surface area contributed by atoms with E-state index in [0.717, 1.165) is 4.88 Å². The van der Waals surface area contributed by atoms with Crippen LogP contribution in [0.5, 0.6) is 0 Å². The molecule has 3 rings (SSSR count). The monoisotopic (exact) mass is 357 g/mol. The molecule has 25 heavy (non-hydrogen) atoms. The number of nitrogens with zero attached hydrogens (tertiary/aromatic N) is 4. The summed E-state index contributed by atoms with van der Waals surface area (Å²) in [5, 5.41) is 15.5. The van der Waals surface area contributed by atoms with Gasteiger partial charge in [-0.1, -0.05) is 6.07 Å².